The zero-order valence-corrected chi connectivity index (χ0v) is 9.11. The number of carbonyl (C=O) groups excluding carboxylic acids is 1. The van der Waals surface area contributed by atoms with Crippen molar-refractivity contribution in [2.24, 2.45) is 5.14 Å². The Morgan fingerprint density at radius 2 is 2.12 bits per heavy atom. The number of ketones is 1. The monoisotopic (exact) mass is 240 g/mol. The van der Waals surface area contributed by atoms with Crippen molar-refractivity contribution < 1.29 is 17.6 Å². The maximum Gasteiger partial charge on any atom is 0.263 e. The molecule has 2 rings (SSSR count). The number of aromatic nitrogens is 1. The van der Waals surface area contributed by atoms with E-state index in [4.69, 9.17) is 9.56 Å². The molecule has 0 aliphatic carbocycles. The van der Waals surface area contributed by atoms with Crippen molar-refractivity contribution in [1.29, 1.82) is 0 Å². The van der Waals surface area contributed by atoms with Crippen LogP contribution in [0.2, 0.25) is 0 Å². The third-order valence-corrected chi connectivity index (χ3v) is 2.90. The first kappa shape index (κ1) is 10.8. The van der Waals surface area contributed by atoms with Crippen LogP contribution in [0.4, 0.5) is 0 Å². The van der Waals surface area contributed by atoms with Crippen LogP contribution in [0.25, 0.3) is 11.1 Å². The van der Waals surface area contributed by atoms with Gasteiger partial charge in [0, 0.05) is 6.92 Å². The molecule has 6 nitrogen and oxygen atoms in total. The molecule has 2 N–H and O–H groups in total. The van der Waals surface area contributed by atoms with Crippen molar-refractivity contribution >= 4 is 26.9 Å². The molecule has 1 aromatic heterocycles. The van der Waals surface area contributed by atoms with E-state index >= 15 is 0 Å². The van der Waals surface area contributed by atoms with E-state index < -0.39 is 10.0 Å². The van der Waals surface area contributed by atoms with Crippen LogP contribution in [-0.4, -0.2) is 19.2 Å². The zero-order valence-electron chi connectivity index (χ0n) is 8.30. The van der Waals surface area contributed by atoms with E-state index in [1.807, 2.05) is 0 Å². The van der Waals surface area contributed by atoms with Gasteiger partial charge in [0.15, 0.2) is 5.58 Å². The second-order valence-corrected chi connectivity index (χ2v) is 4.81. The highest BCUT2D eigenvalue weighted by atomic mass is 32.2. The second kappa shape index (κ2) is 3.39. The van der Waals surface area contributed by atoms with Crippen LogP contribution < -0.4 is 5.14 Å². The Morgan fingerprint density at radius 1 is 1.44 bits per heavy atom. The standard InChI is InChI=1S/C9H8N2O4S/c1-5(12)9-11-7-4-6(16(10,13)14)2-3-8(7)15-9/h2-4H,1H3,(H2,10,13,14). The van der Waals surface area contributed by atoms with Crippen LogP contribution in [0, 0.1) is 0 Å². The molecule has 1 aromatic carbocycles. The summed E-state index contributed by atoms with van der Waals surface area (Å²) in [5.41, 5.74) is 0.634. The highest BCUT2D eigenvalue weighted by Gasteiger charge is 2.13. The average molecular weight is 240 g/mol. The molecule has 0 atom stereocenters. The molecule has 0 fully saturated rings. The number of nitrogens with zero attached hydrogens (tertiary/aromatic N) is 1. The van der Waals surface area contributed by atoms with Crippen molar-refractivity contribution in [2.75, 3.05) is 0 Å². The van der Waals surface area contributed by atoms with E-state index in [1.54, 1.807) is 0 Å². The normalized spacial score (nSPS) is 11.9. The van der Waals surface area contributed by atoms with Gasteiger partial charge in [-0.1, -0.05) is 0 Å². The summed E-state index contributed by atoms with van der Waals surface area (Å²) in [6, 6.07) is 3.97. The van der Waals surface area contributed by atoms with Gasteiger partial charge in [0.1, 0.15) is 5.52 Å². The number of sulfonamides is 1. The molecule has 84 valence electrons. The van der Waals surface area contributed by atoms with Crippen molar-refractivity contribution in [3.05, 3.63) is 24.1 Å². The Hall–Kier alpha value is -1.73. The molecule has 1 heterocycles. The molecule has 0 saturated heterocycles. The van der Waals surface area contributed by atoms with Crippen LogP contribution in [0.3, 0.4) is 0 Å². The van der Waals surface area contributed by atoms with E-state index in [0.717, 1.165) is 0 Å². The summed E-state index contributed by atoms with van der Waals surface area (Å²) in [4.78, 5) is 14.8. The van der Waals surface area contributed by atoms with Crippen molar-refractivity contribution in [3.63, 3.8) is 0 Å². The number of hydrogen-bond donors (Lipinski definition) is 1. The summed E-state index contributed by atoms with van der Waals surface area (Å²) in [5.74, 6) is -0.380. The van der Waals surface area contributed by atoms with Gasteiger partial charge in [0.2, 0.25) is 15.8 Å². The van der Waals surface area contributed by atoms with E-state index in [9.17, 15) is 13.2 Å². The summed E-state index contributed by atoms with van der Waals surface area (Å²) in [6.07, 6.45) is 0. The first-order valence-electron chi connectivity index (χ1n) is 4.32. The SMILES string of the molecule is CC(=O)c1nc2cc(S(N)(=O)=O)ccc2o1. The topological polar surface area (TPSA) is 103 Å². The average Bonchev–Trinajstić information content (AvgIpc) is 2.58. The number of nitrogens with two attached hydrogens (primary N) is 1. The Morgan fingerprint density at radius 3 is 2.69 bits per heavy atom. The molecule has 0 amide bonds. The molecule has 7 heteroatoms. The van der Waals surface area contributed by atoms with Gasteiger partial charge in [-0.25, -0.2) is 18.5 Å². The molecular formula is C9H8N2O4S. The maximum atomic E-state index is 11.1. The van der Waals surface area contributed by atoms with Gasteiger partial charge in [-0.15, -0.1) is 0 Å². The van der Waals surface area contributed by atoms with Gasteiger partial charge in [-0.2, -0.15) is 0 Å². The smallest absolute Gasteiger partial charge is 0.263 e. The molecule has 0 radical (unpaired) electrons. The predicted molar refractivity (Wildman–Crippen MR) is 55.4 cm³/mol. The number of primary sulfonamides is 1. The van der Waals surface area contributed by atoms with Gasteiger partial charge < -0.3 is 4.42 Å². The van der Waals surface area contributed by atoms with Crippen molar-refractivity contribution in [3.8, 4) is 0 Å². The lowest BCUT2D eigenvalue weighted by molar-refractivity contribution is 0.0983. The molecule has 0 saturated carbocycles. The molecule has 2 aromatic rings. The number of fused-ring (bicyclic) bond motifs is 1. The molecule has 16 heavy (non-hydrogen) atoms. The molecule has 0 aliphatic heterocycles. The van der Waals surface area contributed by atoms with Gasteiger partial charge in [0.25, 0.3) is 5.89 Å². The van der Waals surface area contributed by atoms with Crippen LogP contribution in [-0.2, 0) is 10.0 Å². The minimum absolute atomic E-state index is 0.0541. The van der Waals surface area contributed by atoms with Crippen molar-refractivity contribution in [2.45, 2.75) is 11.8 Å². The Bertz CT molecular complexity index is 672. The lowest BCUT2D eigenvalue weighted by Gasteiger charge is -1.95. The van der Waals surface area contributed by atoms with Crippen LogP contribution in [0.1, 0.15) is 17.6 Å². The summed E-state index contributed by atoms with van der Waals surface area (Å²) < 4.78 is 27.2. The van der Waals surface area contributed by atoms with Crippen LogP contribution in [0.15, 0.2) is 27.5 Å². The molecule has 0 bridgehead atoms. The fraction of sp³-hybridized carbons (Fsp3) is 0.111. The Kier molecular flexibility index (Phi) is 2.28. The van der Waals surface area contributed by atoms with Crippen LogP contribution >= 0.6 is 0 Å². The van der Waals surface area contributed by atoms with Gasteiger partial charge in [0.05, 0.1) is 4.90 Å². The Balaban J connectivity index is 2.67. The van der Waals surface area contributed by atoms with Crippen molar-refractivity contribution in [1.82, 2.24) is 4.98 Å². The molecule has 0 aliphatic rings. The van der Waals surface area contributed by atoms with E-state index in [1.165, 1.54) is 25.1 Å². The van der Waals surface area contributed by atoms with E-state index in [0.29, 0.717) is 5.58 Å². The predicted octanol–water partition coefficient (Wildman–Crippen LogP) is 0.678. The van der Waals surface area contributed by atoms with E-state index in [-0.39, 0.29) is 22.1 Å². The first-order valence-corrected chi connectivity index (χ1v) is 5.87. The third-order valence-electron chi connectivity index (χ3n) is 1.99. The number of oxazole rings is 1. The molecule has 0 spiro atoms. The van der Waals surface area contributed by atoms with E-state index in [2.05, 4.69) is 4.98 Å². The highest BCUT2D eigenvalue weighted by molar-refractivity contribution is 7.89. The van der Waals surface area contributed by atoms with Gasteiger partial charge >= 0.3 is 0 Å². The highest BCUT2D eigenvalue weighted by Crippen LogP contribution is 2.19. The number of benzene rings is 1. The van der Waals surface area contributed by atoms with Crippen LogP contribution in [0.5, 0.6) is 0 Å². The number of hydrogen-bond acceptors (Lipinski definition) is 5. The quantitative estimate of drug-likeness (QED) is 0.777. The third kappa shape index (κ3) is 1.82. The number of rotatable bonds is 2. The van der Waals surface area contributed by atoms with Gasteiger partial charge in [-0.3, -0.25) is 4.79 Å². The zero-order chi connectivity index (χ0) is 11.9. The molecule has 0 unspecified atom stereocenters. The lowest BCUT2D eigenvalue weighted by atomic mass is 10.3. The Labute approximate surface area is 91.1 Å². The first-order chi connectivity index (χ1) is 7.38. The fourth-order valence-electron chi connectivity index (χ4n) is 1.23. The summed E-state index contributed by atoms with van der Waals surface area (Å²) in [5, 5.41) is 4.96. The largest absolute Gasteiger partial charge is 0.434 e. The number of carbonyl (C=O) groups is 1. The summed E-state index contributed by atoms with van der Waals surface area (Å²) in [6.45, 7) is 1.31. The maximum absolute atomic E-state index is 11.1. The molecular weight excluding hydrogens is 232 g/mol. The van der Waals surface area contributed by atoms with Gasteiger partial charge in [-0.05, 0) is 18.2 Å². The second-order valence-electron chi connectivity index (χ2n) is 3.25. The lowest BCUT2D eigenvalue weighted by Crippen LogP contribution is -2.11. The minimum Gasteiger partial charge on any atom is -0.434 e. The summed E-state index contributed by atoms with van der Waals surface area (Å²) >= 11 is 0. The fourth-order valence-corrected chi connectivity index (χ4v) is 1.77. The summed E-state index contributed by atoms with van der Waals surface area (Å²) in [7, 11) is -3.77. The number of Topliss-reactive ketones (excluding diaryl/α,β-unsaturated/α-hetero) is 1. The minimum atomic E-state index is -3.77.